The van der Waals surface area contributed by atoms with Crippen LogP contribution in [0.15, 0.2) is 35.6 Å². The lowest BCUT2D eigenvalue weighted by molar-refractivity contribution is 0.0589. The van der Waals surface area contributed by atoms with E-state index in [0.717, 1.165) is 11.8 Å². The average molecular weight is 462 g/mol. The molecular weight excluding hydrogens is 434 g/mol. The van der Waals surface area contributed by atoms with Gasteiger partial charge in [0.2, 0.25) is 15.0 Å². The number of amides is 3. The van der Waals surface area contributed by atoms with Crippen molar-refractivity contribution >= 4 is 33.5 Å². The van der Waals surface area contributed by atoms with Crippen LogP contribution >= 0.6 is 0 Å². The summed E-state index contributed by atoms with van der Waals surface area (Å²) >= 11 is 0. The first-order valence-corrected chi connectivity index (χ1v) is 11.8. The Balaban J connectivity index is 1.88. The molecule has 32 heavy (non-hydrogen) atoms. The molecule has 3 amide bonds. The Bertz CT molecular complexity index is 1160. The van der Waals surface area contributed by atoms with Gasteiger partial charge in [-0.3, -0.25) is 9.80 Å². The largest absolute Gasteiger partial charge is 0.443 e. The first-order valence-electron chi connectivity index (χ1n) is 9.91. The highest BCUT2D eigenvalue weighted by Gasteiger charge is 2.31. The molecule has 1 aliphatic heterocycles. The molecule has 0 atom stereocenters. The minimum Gasteiger partial charge on any atom is -0.443 e. The molecule has 0 unspecified atom stereocenters. The fraction of sp³-hybridized carbons (Fsp3) is 0.429. The van der Waals surface area contributed by atoms with Gasteiger partial charge in [-0.05, 0) is 32.4 Å². The van der Waals surface area contributed by atoms with Crippen molar-refractivity contribution in [3.63, 3.8) is 0 Å². The number of benzene rings is 1. The molecule has 1 aliphatic rings. The molecule has 0 saturated heterocycles. The van der Waals surface area contributed by atoms with Crippen molar-refractivity contribution in [3.8, 4) is 0 Å². The van der Waals surface area contributed by atoms with Gasteiger partial charge in [0, 0.05) is 38.7 Å². The lowest BCUT2D eigenvalue weighted by atomic mass is 10.1. The van der Waals surface area contributed by atoms with Crippen LogP contribution in [0.3, 0.4) is 0 Å². The summed E-state index contributed by atoms with van der Waals surface area (Å²) < 4.78 is 29.0. The second kappa shape index (κ2) is 8.38. The van der Waals surface area contributed by atoms with Crippen LogP contribution in [-0.4, -0.2) is 61.4 Å². The van der Waals surface area contributed by atoms with Crippen LogP contribution in [-0.2, 0) is 27.7 Å². The van der Waals surface area contributed by atoms with Crippen molar-refractivity contribution in [1.29, 1.82) is 0 Å². The molecular formula is C21H27N5O5S. The predicted octanol–water partition coefficient (Wildman–Crippen LogP) is 2.82. The summed E-state index contributed by atoms with van der Waals surface area (Å²) in [6, 6.07) is 6.91. The highest BCUT2D eigenvalue weighted by Crippen LogP contribution is 2.29. The molecule has 172 valence electrons. The number of urea groups is 1. The van der Waals surface area contributed by atoms with E-state index < -0.39 is 21.5 Å². The number of nitrogens with zero attached hydrogens (tertiary/aromatic N) is 5. The van der Waals surface area contributed by atoms with E-state index in [0.29, 0.717) is 11.3 Å². The molecule has 0 N–H and O–H groups in total. The van der Waals surface area contributed by atoms with Crippen molar-refractivity contribution in [2.75, 3.05) is 30.2 Å². The molecule has 11 heteroatoms. The van der Waals surface area contributed by atoms with Gasteiger partial charge in [0.25, 0.3) is 0 Å². The van der Waals surface area contributed by atoms with Gasteiger partial charge < -0.3 is 9.64 Å². The fourth-order valence-corrected chi connectivity index (χ4v) is 3.76. The first-order chi connectivity index (χ1) is 14.8. The number of ether oxygens (including phenoxy) is 1. The van der Waals surface area contributed by atoms with Gasteiger partial charge >= 0.3 is 12.1 Å². The maximum absolute atomic E-state index is 13.0. The number of para-hydroxylation sites is 1. The number of anilines is 2. The van der Waals surface area contributed by atoms with Crippen LogP contribution < -0.4 is 9.80 Å². The Morgan fingerprint density at radius 3 is 2.53 bits per heavy atom. The number of sulfone groups is 1. The number of carbonyl (C=O) groups is 2. The van der Waals surface area contributed by atoms with Crippen molar-refractivity contribution in [2.24, 2.45) is 0 Å². The van der Waals surface area contributed by atoms with Gasteiger partial charge in [-0.15, -0.1) is 0 Å². The quantitative estimate of drug-likeness (QED) is 0.643. The van der Waals surface area contributed by atoms with E-state index in [9.17, 15) is 18.0 Å². The van der Waals surface area contributed by atoms with E-state index in [1.54, 1.807) is 44.9 Å². The number of hydrogen-bond donors (Lipinski definition) is 0. The zero-order valence-corrected chi connectivity index (χ0v) is 19.8. The normalized spacial score (nSPS) is 14.2. The van der Waals surface area contributed by atoms with Gasteiger partial charge in [0.15, 0.2) is 0 Å². The summed E-state index contributed by atoms with van der Waals surface area (Å²) in [4.78, 5) is 37.8. The fourth-order valence-electron chi connectivity index (χ4n) is 3.27. The van der Waals surface area contributed by atoms with Gasteiger partial charge in [0.1, 0.15) is 11.4 Å². The summed E-state index contributed by atoms with van der Waals surface area (Å²) in [6.07, 6.45) is 1.94. The lowest BCUT2D eigenvalue weighted by Gasteiger charge is -2.34. The summed E-state index contributed by atoms with van der Waals surface area (Å²) in [6.45, 7) is 5.80. The second-order valence-electron chi connectivity index (χ2n) is 8.64. The molecule has 0 saturated carbocycles. The van der Waals surface area contributed by atoms with Crippen LogP contribution in [0.1, 0.15) is 31.9 Å². The number of rotatable bonds is 4. The monoisotopic (exact) mass is 461 g/mol. The standard InChI is InChI=1S/C21H27N5O5S/c1-21(2,3)31-20(28)24(4)16-10-8-7-9-14(16)12-26-13-15-11-22-18(32(6,29)30)23-17(15)25(5)19(26)27/h7-11H,12-13H2,1-6H3. The summed E-state index contributed by atoms with van der Waals surface area (Å²) in [5, 5.41) is -0.325. The van der Waals surface area contributed by atoms with Gasteiger partial charge in [0.05, 0.1) is 12.2 Å². The van der Waals surface area contributed by atoms with Crippen LogP contribution in [0.4, 0.5) is 21.1 Å². The zero-order valence-electron chi connectivity index (χ0n) is 19.0. The zero-order chi connectivity index (χ0) is 23.8. The molecule has 0 aliphatic carbocycles. The SMILES string of the molecule is CN(C(=O)OC(C)(C)C)c1ccccc1CN1Cc2cnc(S(C)(=O)=O)nc2N(C)C1=O. The minimum absolute atomic E-state index is 0.201. The summed E-state index contributed by atoms with van der Waals surface area (Å²) in [5.41, 5.74) is 1.35. The number of aromatic nitrogens is 2. The highest BCUT2D eigenvalue weighted by atomic mass is 32.2. The van der Waals surface area contributed by atoms with Crippen LogP contribution in [0.25, 0.3) is 0 Å². The van der Waals surface area contributed by atoms with E-state index in [1.807, 2.05) is 12.1 Å². The van der Waals surface area contributed by atoms with E-state index in [1.165, 1.54) is 23.0 Å². The van der Waals surface area contributed by atoms with Crippen LogP contribution in [0.2, 0.25) is 0 Å². The highest BCUT2D eigenvalue weighted by molar-refractivity contribution is 7.90. The minimum atomic E-state index is -3.60. The third-order valence-electron chi connectivity index (χ3n) is 4.77. The van der Waals surface area contributed by atoms with Crippen LogP contribution in [0.5, 0.6) is 0 Å². The topological polar surface area (TPSA) is 113 Å². The van der Waals surface area contributed by atoms with Crippen molar-refractivity contribution in [3.05, 3.63) is 41.6 Å². The number of fused-ring (bicyclic) bond motifs is 1. The second-order valence-corrected chi connectivity index (χ2v) is 10.5. The van der Waals surface area contributed by atoms with Crippen molar-refractivity contribution < 1.29 is 22.7 Å². The van der Waals surface area contributed by atoms with E-state index in [4.69, 9.17) is 4.74 Å². The van der Waals surface area contributed by atoms with Crippen molar-refractivity contribution in [2.45, 2.75) is 44.6 Å². The maximum Gasteiger partial charge on any atom is 0.414 e. The molecule has 10 nitrogen and oxygen atoms in total. The number of carbonyl (C=O) groups excluding carboxylic acids is 2. The first kappa shape index (κ1) is 23.5. The lowest BCUT2D eigenvalue weighted by Crippen LogP contribution is -2.45. The molecule has 2 aromatic rings. The van der Waals surface area contributed by atoms with Gasteiger partial charge in [-0.2, -0.15) is 0 Å². The molecule has 0 radical (unpaired) electrons. The Morgan fingerprint density at radius 1 is 1.25 bits per heavy atom. The number of hydrogen-bond acceptors (Lipinski definition) is 7. The summed E-state index contributed by atoms with van der Waals surface area (Å²) in [7, 11) is -0.448. The molecule has 2 heterocycles. The maximum atomic E-state index is 13.0. The molecule has 1 aromatic heterocycles. The smallest absolute Gasteiger partial charge is 0.414 e. The van der Waals surface area contributed by atoms with E-state index in [-0.39, 0.29) is 30.1 Å². The Hall–Kier alpha value is -3.21. The van der Waals surface area contributed by atoms with Gasteiger partial charge in [-0.25, -0.2) is 28.0 Å². The van der Waals surface area contributed by atoms with E-state index >= 15 is 0 Å². The summed E-state index contributed by atoms with van der Waals surface area (Å²) in [5.74, 6) is 0.265. The Labute approximate surface area is 187 Å². The predicted molar refractivity (Wildman–Crippen MR) is 119 cm³/mol. The third-order valence-corrected chi connectivity index (χ3v) is 5.63. The molecule has 1 aromatic carbocycles. The molecule has 0 spiro atoms. The third kappa shape index (κ3) is 4.98. The van der Waals surface area contributed by atoms with Crippen LogP contribution in [0, 0.1) is 0 Å². The Morgan fingerprint density at radius 2 is 1.91 bits per heavy atom. The molecule has 0 bridgehead atoms. The van der Waals surface area contributed by atoms with Gasteiger partial charge in [-0.1, -0.05) is 18.2 Å². The molecule has 3 rings (SSSR count). The average Bonchev–Trinajstić information content (AvgIpc) is 2.69. The van der Waals surface area contributed by atoms with Crippen molar-refractivity contribution in [1.82, 2.24) is 14.9 Å². The Kier molecular flexibility index (Phi) is 6.14. The molecule has 0 fully saturated rings. The van der Waals surface area contributed by atoms with E-state index in [2.05, 4.69) is 9.97 Å².